The fraction of sp³-hybridized carbons (Fsp3) is 0.733. The van der Waals surface area contributed by atoms with Gasteiger partial charge in [0.25, 0.3) is 0 Å². The number of nitrogens with zero attached hydrogens (tertiary/aromatic N) is 3. The number of alkyl halides is 3. The summed E-state index contributed by atoms with van der Waals surface area (Å²) in [6, 6.07) is 0. The van der Waals surface area contributed by atoms with Crippen LogP contribution < -0.4 is 0 Å². The molecule has 1 aliphatic carbocycles. The molecule has 1 aliphatic rings. The zero-order chi connectivity index (χ0) is 17.3. The first kappa shape index (κ1) is 17.8. The minimum Gasteiger partial charge on any atom is -0.389 e. The average molecular weight is 333 g/mol. The van der Waals surface area contributed by atoms with E-state index in [-0.39, 0.29) is 24.4 Å². The zero-order valence-electron chi connectivity index (χ0n) is 13.4. The number of aryl methyl sites for hydroxylation is 1. The van der Waals surface area contributed by atoms with Gasteiger partial charge in [-0.15, -0.1) is 0 Å². The van der Waals surface area contributed by atoms with Crippen LogP contribution in [0, 0.1) is 0 Å². The van der Waals surface area contributed by atoms with Crippen molar-refractivity contribution in [2.45, 2.75) is 56.8 Å². The van der Waals surface area contributed by atoms with Crippen molar-refractivity contribution in [2.75, 3.05) is 7.05 Å². The van der Waals surface area contributed by atoms with Gasteiger partial charge in [0.15, 0.2) is 5.69 Å². The number of aliphatic hydroxyl groups is 1. The van der Waals surface area contributed by atoms with Gasteiger partial charge < -0.3 is 10.0 Å². The molecule has 0 saturated heterocycles. The summed E-state index contributed by atoms with van der Waals surface area (Å²) in [5.41, 5.74) is -2.05. The quantitative estimate of drug-likeness (QED) is 0.921. The van der Waals surface area contributed by atoms with Crippen molar-refractivity contribution in [3.63, 3.8) is 0 Å². The van der Waals surface area contributed by atoms with Crippen LogP contribution in [-0.4, -0.2) is 38.3 Å². The minimum absolute atomic E-state index is 0.0496. The second kappa shape index (κ2) is 6.51. The Morgan fingerprint density at radius 3 is 2.57 bits per heavy atom. The van der Waals surface area contributed by atoms with Crippen molar-refractivity contribution in [2.24, 2.45) is 7.05 Å². The van der Waals surface area contributed by atoms with Crippen molar-refractivity contribution < 1.29 is 23.1 Å². The van der Waals surface area contributed by atoms with Gasteiger partial charge in [0.05, 0.1) is 12.0 Å². The third-order valence-electron chi connectivity index (χ3n) is 4.27. The molecule has 0 atom stereocenters. The van der Waals surface area contributed by atoms with Crippen molar-refractivity contribution in [3.8, 4) is 0 Å². The SMILES string of the molecule is CN(Cc1cn(C)nc1C(F)(F)F)C(=O)CC1(O)CCCCC1. The summed E-state index contributed by atoms with van der Waals surface area (Å²) in [7, 11) is 2.85. The summed E-state index contributed by atoms with van der Waals surface area (Å²) in [5.74, 6) is -0.355. The van der Waals surface area contributed by atoms with E-state index in [9.17, 15) is 23.1 Å². The van der Waals surface area contributed by atoms with Crippen LogP contribution in [0.25, 0.3) is 0 Å². The van der Waals surface area contributed by atoms with E-state index in [2.05, 4.69) is 5.10 Å². The highest BCUT2D eigenvalue weighted by molar-refractivity contribution is 5.77. The van der Waals surface area contributed by atoms with Crippen LogP contribution in [-0.2, 0) is 24.6 Å². The van der Waals surface area contributed by atoms with Crippen molar-refractivity contribution in [1.82, 2.24) is 14.7 Å². The smallest absolute Gasteiger partial charge is 0.389 e. The maximum absolute atomic E-state index is 12.9. The topological polar surface area (TPSA) is 58.4 Å². The molecule has 2 rings (SSSR count). The first-order valence-corrected chi connectivity index (χ1v) is 7.67. The molecule has 8 heteroatoms. The highest BCUT2D eigenvalue weighted by Gasteiger charge is 2.38. The zero-order valence-corrected chi connectivity index (χ0v) is 13.4. The predicted molar refractivity (Wildman–Crippen MR) is 77.3 cm³/mol. The number of aromatic nitrogens is 2. The molecule has 1 aromatic rings. The molecule has 0 spiro atoms. The van der Waals surface area contributed by atoms with Crippen LogP contribution in [0.4, 0.5) is 13.2 Å². The minimum atomic E-state index is -4.55. The van der Waals surface area contributed by atoms with Crippen LogP contribution in [0.1, 0.15) is 49.8 Å². The summed E-state index contributed by atoms with van der Waals surface area (Å²) in [6.07, 6.45) is 0.565. The fourth-order valence-electron chi connectivity index (χ4n) is 3.04. The standard InChI is InChI=1S/C15H22F3N3O2/c1-20(12(22)8-14(23)6-4-3-5-7-14)9-11-10-21(2)19-13(11)15(16,17)18/h10,23H,3-9H2,1-2H3. The molecule has 5 nitrogen and oxygen atoms in total. The molecule has 1 aromatic heterocycles. The van der Waals surface area contributed by atoms with Gasteiger partial charge in [-0.1, -0.05) is 19.3 Å². The second-order valence-electron chi connectivity index (χ2n) is 6.39. The van der Waals surface area contributed by atoms with Crippen LogP contribution in [0.3, 0.4) is 0 Å². The number of rotatable bonds is 4. The highest BCUT2D eigenvalue weighted by Crippen LogP contribution is 2.33. The van der Waals surface area contributed by atoms with E-state index in [0.29, 0.717) is 12.8 Å². The lowest BCUT2D eigenvalue weighted by Crippen LogP contribution is -2.39. The molecule has 1 fully saturated rings. The van der Waals surface area contributed by atoms with Crippen molar-refractivity contribution in [3.05, 3.63) is 17.5 Å². The van der Waals surface area contributed by atoms with E-state index in [0.717, 1.165) is 23.9 Å². The molecule has 1 saturated carbocycles. The number of hydrogen-bond donors (Lipinski definition) is 1. The van der Waals surface area contributed by atoms with Gasteiger partial charge >= 0.3 is 6.18 Å². The first-order valence-electron chi connectivity index (χ1n) is 7.67. The predicted octanol–water partition coefficient (Wildman–Crippen LogP) is 2.48. The van der Waals surface area contributed by atoms with Gasteiger partial charge in [-0.25, -0.2) is 0 Å². The molecule has 0 bridgehead atoms. The van der Waals surface area contributed by atoms with Crippen LogP contribution in [0.15, 0.2) is 6.20 Å². The molecule has 130 valence electrons. The number of halogens is 3. The van der Waals surface area contributed by atoms with Crippen LogP contribution in [0.2, 0.25) is 0 Å². The van der Waals surface area contributed by atoms with E-state index >= 15 is 0 Å². The van der Waals surface area contributed by atoms with Gasteiger partial charge in [-0.3, -0.25) is 9.48 Å². The lowest BCUT2D eigenvalue weighted by Gasteiger charge is -2.32. The third kappa shape index (κ3) is 4.46. The fourth-order valence-corrected chi connectivity index (χ4v) is 3.04. The monoisotopic (exact) mass is 333 g/mol. The summed E-state index contributed by atoms with van der Waals surface area (Å²) in [5, 5.41) is 13.8. The number of hydrogen-bond acceptors (Lipinski definition) is 3. The molecule has 1 N–H and O–H groups in total. The molecular weight excluding hydrogens is 311 g/mol. The molecule has 0 radical (unpaired) electrons. The lowest BCUT2D eigenvalue weighted by atomic mass is 9.82. The molecule has 23 heavy (non-hydrogen) atoms. The molecular formula is C15H22F3N3O2. The summed E-state index contributed by atoms with van der Waals surface area (Å²) in [4.78, 5) is 13.5. The Kier molecular flexibility index (Phi) is 5.03. The second-order valence-corrected chi connectivity index (χ2v) is 6.39. The van der Waals surface area contributed by atoms with Crippen molar-refractivity contribution in [1.29, 1.82) is 0 Å². The van der Waals surface area contributed by atoms with E-state index < -0.39 is 17.5 Å². The van der Waals surface area contributed by atoms with Gasteiger partial charge in [0, 0.05) is 32.4 Å². The molecule has 0 unspecified atom stereocenters. The third-order valence-corrected chi connectivity index (χ3v) is 4.27. The van der Waals surface area contributed by atoms with E-state index in [1.807, 2.05) is 0 Å². The Balaban J connectivity index is 2.04. The van der Waals surface area contributed by atoms with Gasteiger partial charge in [0.1, 0.15) is 0 Å². The molecule has 0 aliphatic heterocycles. The Bertz CT molecular complexity index is 563. The number of carbonyl (C=O) groups excluding carboxylic acids is 1. The molecule has 0 aromatic carbocycles. The maximum Gasteiger partial charge on any atom is 0.435 e. The Hall–Kier alpha value is -1.57. The lowest BCUT2D eigenvalue weighted by molar-refractivity contribution is -0.144. The van der Waals surface area contributed by atoms with Gasteiger partial charge in [-0.05, 0) is 12.8 Å². The maximum atomic E-state index is 12.9. The average Bonchev–Trinajstić information content (AvgIpc) is 2.80. The number of amides is 1. The van der Waals surface area contributed by atoms with Crippen LogP contribution >= 0.6 is 0 Å². The van der Waals surface area contributed by atoms with Gasteiger partial charge in [0.2, 0.25) is 5.91 Å². The summed E-state index contributed by atoms with van der Waals surface area (Å²) < 4.78 is 39.9. The summed E-state index contributed by atoms with van der Waals surface area (Å²) >= 11 is 0. The van der Waals surface area contributed by atoms with E-state index in [1.54, 1.807) is 0 Å². The van der Waals surface area contributed by atoms with E-state index in [1.165, 1.54) is 25.2 Å². The normalized spacial score (nSPS) is 18.0. The molecule has 1 amide bonds. The Morgan fingerprint density at radius 1 is 1.39 bits per heavy atom. The molecule has 1 heterocycles. The summed E-state index contributed by atoms with van der Waals surface area (Å²) in [6.45, 7) is -0.183. The highest BCUT2D eigenvalue weighted by atomic mass is 19.4. The number of carbonyl (C=O) groups is 1. The van der Waals surface area contributed by atoms with Gasteiger partial charge in [-0.2, -0.15) is 18.3 Å². The Labute approximate surface area is 133 Å². The van der Waals surface area contributed by atoms with Crippen molar-refractivity contribution >= 4 is 5.91 Å². The first-order chi connectivity index (χ1) is 10.6. The largest absolute Gasteiger partial charge is 0.435 e. The Morgan fingerprint density at radius 2 is 2.00 bits per heavy atom. The van der Waals surface area contributed by atoms with E-state index in [4.69, 9.17) is 0 Å². The van der Waals surface area contributed by atoms with Crippen LogP contribution in [0.5, 0.6) is 0 Å².